The van der Waals surface area contributed by atoms with Crippen molar-refractivity contribution in [1.82, 2.24) is 4.90 Å². The molecule has 0 amide bonds. The van der Waals surface area contributed by atoms with Crippen molar-refractivity contribution in [2.45, 2.75) is 18.4 Å². The normalized spacial score (nSPS) is 14.1. The molecule has 0 saturated heterocycles. The third-order valence-corrected chi connectivity index (χ3v) is 3.91. The van der Waals surface area contributed by atoms with Crippen molar-refractivity contribution >= 4 is 11.6 Å². The van der Waals surface area contributed by atoms with E-state index in [4.69, 9.17) is 11.6 Å². The number of halogens is 1. The quantitative estimate of drug-likeness (QED) is 0.879. The lowest BCUT2D eigenvalue weighted by Crippen LogP contribution is -2.32. The van der Waals surface area contributed by atoms with E-state index in [-0.39, 0.29) is 0 Å². The Bertz CT molecular complexity index is 570. The lowest BCUT2D eigenvalue weighted by atomic mass is 9.84. The van der Waals surface area contributed by atoms with E-state index in [1.165, 1.54) is 0 Å². The van der Waals surface area contributed by atoms with E-state index < -0.39 is 5.60 Å². The first kappa shape index (κ1) is 16.0. The Morgan fingerprint density at radius 1 is 1.05 bits per heavy atom. The minimum absolute atomic E-state index is 0.585. The molecule has 1 atom stereocenters. The standard InChI is InChI=1S/C18H22ClNO/c1-20(2)12-11-18(21,14-15-7-4-3-5-8-15)16-9-6-10-17(19)13-16/h3-10,13,21H,11-12,14H2,1-2H3/t18-/m0/s1. The zero-order valence-corrected chi connectivity index (χ0v) is 13.3. The first-order chi connectivity index (χ1) is 9.99. The summed E-state index contributed by atoms with van der Waals surface area (Å²) in [5, 5.41) is 11.9. The van der Waals surface area contributed by atoms with Gasteiger partial charge in [0.05, 0.1) is 5.60 Å². The lowest BCUT2D eigenvalue weighted by molar-refractivity contribution is 0.0212. The van der Waals surface area contributed by atoms with Crippen LogP contribution in [0.3, 0.4) is 0 Å². The third-order valence-electron chi connectivity index (χ3n) is 3.67. The van der Waals surface area contributed by atoms with E-state index in [9.17, 15) is 5.11 Å². The molecule has 0 heterocycles. The summed E-state index contributed by atoms with van der Waals surface area (Å²) in [6.07, 6.45) is 1.25. The molecule has 112 valence electrons. The van der Waals surface area contributed by atoms with E-state index in [2.05, 4.69) is 4.90 Å². The van der Waals surface area contributed by atoms with Crippen LogP contribution in [0.1, 0.15) is 17.5 Å². The molecule has 0 aliphatic heterocycles. The Morgan fingerprint density at radius 2 is 1.76 bits per heavy atom. The van der Waals surface area contributed by atoms with E-state index in [1.807, 2.05) is 68.7 Å². The van der Waals surface area contributed by atoms with Crippen LogP contribution in [-0.2, 0) is 12.0 Å². The van der Waals surface area contributed by atoms with Crippen molar-refractivity contribution in [3.8, 4) is 0 Å². The molecule has 2 aromatic rings. The fourth-order valence-corrected chi connectivity index (χ4v) is 2.65. The molecule has 0 bridgehead atoms. The van der Waals surface area contributed by atoms with Crippen LogP contribution < -0.4 is 0 Å². The van der Waals surface area contributed by atoms with Crippen LogP contribution >= 0.6 is 11.6 Å². The molecule has 21 heavy (non-hydrogen) atoms. The van der Waals surface area contributed by atoms with Gasteiger partial charge in [0, 0.05) is 18.0 Å². The Morgan fingerprint density at radius 3 is 2.38 bits per heavy atom. The van der Waals surface area contributed by atoms with Crippen molar-refractivity contribution in [3.63, 3.8) is 0 Å². The number of hydrogen-bond acceptors (Lipinski definition) is 2. The van der Waals surface area contributed by atoms with E-state index in [0.717, 1.165) is 17.7 Å². The predicted octanol–water partition coefficient (Wildman–Crippen LogP) is 3.72. The first-order valence-electron chi connectivity index (χ1n) is 7.17. The van der Waals surface area contributed by atoms with Crippen LogP contribution in [0.4, 0.5) is 0 Å². The van der Waals surface area contributed by atoms with Crippen LogP contribution in [0.25, 0.3) is 0 Å². The molecule has 0 spiro atoms. The fourth-order valence-electron chi connectivity index (χ4n) is 2.45. The van der Waals surface area contributed by atoms with Crippen molar-refractivity contribution < 1.29 is 5.11 Å². The molecule has 2 rings (SSSR count). The van der Waals surface area contributed by atoms with Crippen molar-refractivity contribution in [1.29, 1.82) is 0 Å². The second-order valence-electron chi connectivity index (χ2n) is 5.76. The maximum atomic E-state index is 11.2. The zero-order chi connectivity index (χ0) is 15.3. The number of aliphatic hydroxyl groups is 1. The fraction of sp³-hybridized carbons (Fsp3) is 0.333. The van der Waals surface area contributed by atoms with E-state index in [1.54, 1.807) is 0 Å². The highest BCUT2D eigenvalue weighted by molar-refractivity contribution is 6.30. The van der Waals surface area contributed by atoms with Crippen molar-refractivity contribution in [2.75, 3.05) is 20.6 Å². The van der Waals surface area contributed by atoms with Crippen molar-refractivity contribution in [3.05, 3.63) is 70.7 Å². The first-order valence-corrected chi connectivity index (χ1v) is 7.54. The predicted molar refractivity (Wildman–Crippen MR) is 88.7 cm³/mol. The summed E-state index contributed by atoms with van der Waals surface area (Å²) >= 11 is 6.10. The summed E-state index contributed by atoms with van der Waals surface area (Å²) < 4.78 is 0. The van der Waals surface area contributed by atoms with Gasteiger partial charge in [0.1, 0.15) is 0 Å². The Balaban J connectivity index is 2.29. The average molecular weight is 304 g/mol. The van der Waals surface area contributed by atoms with Crippen molar-refractivity contribution in [2.24, 2.45) is 0 Å². The maximum Gasteiger partial charge on any atom is 0.0949 e. The van der Waals surface area contributed by atoms with Gasteiger partial charge in [-0.15, -0.1) is 0 Å². The third kappa shape index (κ3) is 4.57. The van der Waals surface area contributed by atoms with Crippen LogP contribution in [0.2, 0.25) is 5.02 Å². The molecule has 0 fully saturated rings. The smallest absolute Gasteiger partial charge is 0.0949 e. The Kier molecular flexibility index (Phi) is 5.40. The number of rotatable bonds is 6. The van der Waals surface area contributed by atoms with Crippen LogP contribution in [-0.4, -0.2) is 30.6 Å². The minimum Gasteiger partial charge on any atom is -0.385 e. The summed E-state index contributed by atoms with van der Waals surface area (Å²) in [4.78, 5) is 2.08. The second kappa shape index (κ2) is 7.08. The number of benzene rings is 2. The highest BCUT2D eigenvalue weighted by atomic mass is 35.5. The molecule has 0 saturated carbocycles. The maximum absolute atomic E-state index is 11.2. The van der Waals surface area contributed by atoms with Gasteiger partial charge in [-0.3, -0.25) is 0 Å². The van der Waals surface area contributed by atoms with Crippen LogP contribution in [0.15, 0.2) is 54.6 Å². The van der Waals surface area contributed by atoms with Gasteiger partial charge in [-0.25, -0.2) is 0 Å². The molecule has 0 aromatic heterocycles. The molecule has 3 heteroatoms. The molecule has 0 aliphatic carbocycles. The van der Waals surface area contributed by atoms with Crippen LogP contribution in [0.5, 0.6) is 0 Å². The van der Waals surface area contributed by atoms with E-state index in [0.29, 0.717) is 17.9 Å². The average Bonchev–Trinajstić information content (AvgIpc) is 2.46. The largest absolute Gasteiger partial charge is 0.385 e. The SMILES string of the molecule is CN(C)CC[C@](O)(Cc1ccccc1)c1cccc(Cl)c1. The minimum atomic E-state index is -0.906. The highest BCUT2D eigenvalue weighted by Gasteiger charge is 2.29. The monoisotopic (exact) mass is 303 g/mol. The molecule has 2 nitrogen and oxygen atoms in total. The van der Waals surface area contributed by atoms with Gasteiger partial charge in [-0.1, -0.05) is 54.1 Å². The lowest BCUT2D eigenvalue weighted by Gasteiger charge is -2.30. The van der Waals surface area contributed by atoms with Gasteiger partial charge in [0.15, 0.2) is 0 Å². The Labute approximate surface area is 132 Å². The van der Waals surface area contributed by atoms with Crippen LogP contribution in [0, 0.1) is 0 Å². The molecule has 1 N–H and O–H groups in total. The molecule has 2 aromatic carbocycles. The van der Waals surface area contributed by atoms with Gasteiger partial charge in [0.25, 0.3) is 0 Å². The van der Waals surface area contributed by atoms with Gasteiger partial charge in [-0.2, -0.15) is 0 Å². The van der Waals surface area contributed by atoms with Gasteiger partial charge >= 0.3 is 0 Å². The van der Waals surface area contributed by atoms with Gasteiger partial charge in [-0.05, 0) is 43.8 Å². The molecule has 0 radical (unpaired) electrons. The van der Waals surface area contributed by atoms with Gasteiger partial charge in [0.2, 0.25) is 0 Å². The molecular weight excluding hydrogens is 282 g/mol. The number of nitrogens with zero attached hydrogens (tertiary/aromatic N) is 1. The summed E-state index contributed by atoms with van der Waals surface area (Å²) in [6.45, 7) is 0.815. The zero-order valence-electron chi connectivity index (χ0n) is 12.6. The highest BCUT2D eigenvalue weighted by Crippen LogP contribution is 2.31. The summed E-state index contributed by atoms with van der Waals surface area (Å²) in [6, 6.07) is 17.6. The summed E-state index contributed by atoms with van der Waals surface area (Å²) in [5.41, 5.74) is 1.09. The molecule has 0 unspecified atom stereocenters. The molecule has 0 aliphatic rings. The topological polar surface area (TPSA) is 23.5 Å². The molecular formula is C18H22ClNO. The Hall–Kier alpha value is -1.35. The summed E-state index contributed by atoms with van der Waals surface area (Å²) in [5.74, 6) is 0. The number of hydrogen-bond donors (Lipinski definition) is 1. The van der Waals surface area contributed by atoms with E-state index >= 15 is 0 Å². The van der Waals surface area contributed by atoms with Gasteiger partial charge < -0.3 is 10.0 Å². The summed E-state index contributed by atoms with van der Waals surface area (Å²) in [7, 11) is 4.03. The second-order valence-corrected chi connectivity index (χ2v) is 6.19.